The van der Waals surface area contributed by atoms with Crippen molar-refractivity contribution in [1.29, 1.82) is 0 Å². The molecule has 65 heavy (non-hydrogen) atoms. The van der Waals surface area contributed by atoms with Crippen molar-refractivity contribution in [2.45, 2.75) is 5.41 Å². The third kappa shape index (κ3) is 5.67. The molecule has 3 nitrogen and oxygen atoms in total. The number of anilines is 9. The van der Waals surface area contributed by atoms with Gasteiger partial charge in [0.25, 0.3) is 0 Å². The van der Waals surface area contributed by atoms with Gasteiger partial charge in [-0.05, 0) is 124 Å². The lowest BCUT2D eigenvalue weighted by Gasteiger charge is -2.45. The van der Waals surface area contributed by atoms with Gasteiger partial charge in [0, 0.05) is 48.6 Å². The van der Waals surface area contributed by atoms with Crippen LogP contribution in [-0.4, -0.2) is 0 Å². The second-order valence-corrected chi connectivity index (χ2v) is 17.9. The Balaban J connectivity index is 1.15. The van der Waals surface area contributed by atoms with Crippen LogP contribution in [-0.2, 0) is 5.41 Å². The van der Waals surface area contributed by atoms with Crippen molar-refractivity contribution in [3.8, 4) is 11.1 Å². The highest BCUT2D eigenvalue weighted by Gasteiger charge is 2.52. The lowest BCUT2D eigenvalue weighted by atomic mass is 9.64. The molecular formula is C61H41N3S. The smallest absolute Gasteiger partial charge is 0.0755 e. The predicted molar refractivity (Wildman–Crippen MR) is 274 cm³/mol. The van der Waals surface area contributed by atoms with Crippen LogP contribution in [0.2, 0.25) is 0 Å². The number of hydrogen-bond acceptors (Lipinski definition) is 4. The molecule has 0 saturated heterocycles. The maximum absolute atomic E-state index is 2.50. The van der Waals surface area contributed by atoms with Crippen LogP contribution in [0.4, 0.5) is 51.2 Å². The van der Waals surface area contributed by atoms with Crippen molar-refractivity contribution < 1.29 is 0 Å². The second kappa shape index (κ2) is 15.0. The van der Waals surface area contributed by atoms with Crippen LogP contribution < -0.4 is 14.7 Å². The van der Waals surface area contributed by atoms with Gasteiger partial charge in [0.2, 0.25) is 0 Å². The first-order valence-corrected chi connectivity index (χ1v) is 23.1. The van der Waals surface area contributed by atoms with Crippen LogP contribution in [0.25, 0.3) is 31.3 Å². The highest BCUT2D eigenvalue weighted by Crippen LogP contribution is 2.64. The quantitative estimate of drug-likeness (QED) is 0.158. The van der Waals surface area contributed by atoms with Crippen molar-refractivity contribution in [3.63, 3.8) is 0 Å². The van der Waals surface area contributed by atoms with E-state index in [0.717, 1.165) is 45.5 Å². The molecule has 4 heteroatoms. The minimum atomic E-state index is -0.598. The Bertz CT molecular complexity index is 3480. The summed E-state index contributed by atoms with van der Waals surface area (Å²) in [6, 6.07) is 91.4. The Hall–Kier alpha value is -8.18. The monoisotopic (exact) mass is 847 g/mol. The van der Waals surface area contributed by atoms with Gasteiger partial charge >= 0.3 is 0 Å². The zero-order valence-corrected chi connectivity index (χ0v) is 36.2. The van der Waals surface area contributed by atoms with Crippen LogP contribution in [0, 0.1) is 0 Å². The average Bonchev–Trinajstić information content (AvgIpc) is 3.89. The van der Waals surface area contributed by atoms with Crippen molar-refractivity contribution in [2.24, 2.45) is 0 Å². The summed E-state index contributed by atoms with van der Waals surface area (Å²) in [6.07, 6.45) is 0. The number of para-hydroxylation sites is 5. The molecule has 2 heterocycles. The van der Waals surface area contributed by atoms with Gasteiger partial charge in [0.15, 0.2) is 0 Å². The molecule has 13 rings (SSSR count). The maximum Gasteiger partial charge on any atom is 0.0755 e. The Morgan fingerprint density at radius 1 is 0.323 bits per heavy atom. The van der Waals surface area contributed by atoms with Crippen molar-refractivity contribution in [3.05, 3.63) is 271 Å². The summed E-state index contributed by atoms with van der Waals surface area (Å²) in [4.78, 5) is 7.39. The number of hydrogen-bond donors (Lipinski definition) is 0. The minimum absolute atomic E-state index is 0.598. The van der Waals surface area contributed by atoms with E-state index in [2.05, 4.69) is 263 Å². The third-order valence-corrected chi connectivity index (χ3v) is 14.5. The summed E-state index contributed by atoms with van der Waals surface area (Å²) in [5, 5.41) is 2.50. The van der Waals surface area contributed by atoms with E-state index in [0.29, 0.717) is 0 Å². The van der Waals surface area contributed by atoms with Gasteiger partial charge in [-0.15, -0.1) is 11.3 Å². The fourth-order valence-corrected chi connectivity index (χ4v) is 11.9. The van der Waals surface area contributed by atoms with Crippen LogP contribution >= 0.6 is 11.3 Å². The summed E-state index contributed by atoms with van der Waals surface area (Å²) in [5.74, 6) is 0. The summed E-state index contributed by atoms with van der Waals surface area (Å²) in [5.41, 5.74) is 17.0. The van der Waals surface area contributed by atoms with E-state index >= 15 is 0 Å². The molecule has 1 aliphatic carbocycles. The van der Waals surface area contributed by atoms with Crippen molar-refractivity contribution >= 4 is 82.7 Å². The predicted octanol–water partition coefficient (Wildman–Crippen LogP) is 17.1. The molecule has 1 spiro atoms. The first kappa shape index (κ1) is 37.4. The molecule has 1 aliphatic heterocycles. The van der Waals surface area contributed by atoms with Gasteiger partial charge in [-0.2, -0.15) is 0 Å². The van der Waals surface area contributed by atoms with Gasteiger partial charge in [-0.3, -0.25) is 0 Å². The van der Waals surface area contributed by atoms with E-state index in [-0.39, 0.29) is 0 Å². The number of rotatable bonds is 7. The van der Waals surface area contributed by atoms with E-state index < -0.39 is 5.41 Å². The molecule has 0 saturated carbocycles. The molecule has 0 N–H and O–H groups in total. The van der Waals surface area contributed by atoms with E-state index in [1.54, 1.807) is 0 Å². The highest BCUT2D eigenvalue weighted by atomic mass is 32.1. The van der Waals surface area contributed by atoms with Gasteiger partial charge in [0.1, 0.15) is 0 Å². The Morgan fingerprint density at radius 3 is 1.43 bits per heavy atom. The molecule has 0 unspecified atom stereocenters. The number of benzene rings is 10. The Morgan fingerprint density at radius 2 is 0.800 bits per heavy atom. The summed E-state index contributed by atoms with van der Waals surface area (Å²) < 4.78 is 2.52. The molecule has 10 aromatic carbocycles. The van der Waals surface area contributed by atoms with E-state index in [4.69, 9.17) is 0 Å². The summed E-state index contributed by atoms with van der Waals surface area (Å²) in [6.45, 7) is 0. The zero-order valence-electron chi connectivity index (χ0n) is 35.4. The van der Waals surface area contributed by atoms with E-state index in [9.17, 15) is 0 Å². The SMILES string of the molecule is c1ccc(N(c2ccccc2)c2cc3sc4ccccc4c3cc2N(c2ccccc2)c2ccc3c(c2)C2(c4ccccc4-c4ccccc42)c2ccccc2N3c2ccccc2)cc1. The third-order valence-electron chi connectivity index (χ3n) is 13.4. The molecule has 306 valence electrons. The topological polar surface area (TPSA) is 9.72 Å². The van der Waals surface area contributed by atoms with Crippen molar-refractivity contribution in [2.75, 3.05) is 14.7 Å². The molecule has 2 aliphatic rings. The lowest BCUT2D eigenvalue weighted by molar-refractivity contribution is 0.752. The molecule has 0 fully saturated rings. The first-order chi connectivity index (χ1) is 32.3. The first-order valence-electron chi connectivity index (χ1n) is 22.3. The molecule has 0 radical (unpaired) electrons. The highest BCUT2D eigenvalue weighted by molar-refractivity contribution is 7.25. The van der Waals surface area contributed by atoms with Gasteiger partial charge in [0.05, 0.1) is 28.2 Å². The zero-order chi connectivity index (χ0) is 42.9. The Kier molecular flexibility index (Phi) is 8.62. The van der Waals surface area contributed by atoms with E-state index in [1.807, 2.05) is 11.3 Å². The standard InChI is InChI=1S/C61H41N3S/c1-5-21-42(22-6-1)62(43-23-7-2-8-24-43)58-41-60-50(49-31-15-20-36-59(49)65-60)40-57(58)63(44-25-9-3-10-26-44)46-37-38-56-54(39-46)61(51-32-16-13-29-47(51)48-30-14-17-33-52(48)61)53-34-18-19-35-55(53)64(56)45-27-11-4-12-28-45/h1-41H. The second-order valence-electron chi connectivity index (χ2n) is 16.8. The lowest BCUT2D eigenvalue weighted by Crippen LogP contribution is -2.36. The molecule has 11 aromatic rings. The fourth-order valence-electron chi connectivity index (χ4n) is 10.8. The largest absolute Gasteiger partial charge is 0.310 e. The number of fused-ring (bicyclic) bond motifs is 12. The van der Waals surface area contributed by atoms with Gasteiger partial charge < -0.3 is 14.7 Å². The molecule has 0 atom stereocenters. The summed E-state index contributed by atoms with van der Waals surface area (Å²) in [7, 11) is 0. The maximum atomic E-state index is 2.50. The van der Waals surface area contributed by atoms with Crippen molar-refractivity contribution in [1.82, 2.24) is 0 Å². The van der Waals surface area contributed by atoms with E-state index in [1.165, 1.54) is 59.2 Å². The molecule has 0 amide bonds. The minimum Gasteiger partial charge on any atom is -0.310 e. The summed E-state index contributed by atoms with van der Waals surface area (Å²) >= 11 is 1.85. The number of nitrogens with zero attached hydrogens (tertiary/aromatic N) is 3. The van der Waals surface area contributed by atoms with Crippen LogP contribution in [0.3, 0.4) is 0 Å². The molecule has 1 aromatic heterocycles. The molecular weight excluding hydrogens is 807 g/mol. The fraction of sp³-hybridized carbons (Fsp3) is 0.0164. The molecule has 0 bridgehead atoms. The van der Waals surface area contributed by atoms with Crippen LogP contribution in [0.5, 0.6) is 0 Å². The van der Waals surface area contributed by atoms with Crippen LogP contribution in [0.1, 0.15) is 22.3 Å². The van der Waals surface area contributed by atoms with Gasteiger partial charge in [-0.25, -0.2) is 0 Å². The average molecular weight is 848 g/mol. The van der Waals surface area contributed by atoms with Gasteiger partial charge in [-0.1, -0.05) is 158 Å². The normalized spacial score (nSPS) is 13.0. The van der Waals surface area contributed by atoms with Crippen LogP contribution in [0.15, 0.2) is 249 Å². The number of thiophene rings is 1. The Labute approximate surface area is 383 Å².